The van der Waals surface area contributed by atoms with Crippen LogP contribution in [-0.2, 0) is 6.42 Å². The van der Waals surface area contributed by atoms with Crippen molar-refractivity contribution in [3.05, 3.63) is 65.5 Å². The monoisotopic (exact) mass is 239 g/mol. The van der Waals surface area contributed by atoms with E-state index in [0.717, 1.165) is 18.5 Å². The Morgan fingerprint density at radius 1 is 1.06 bits per heavy atom. The maximum atomic E-state index is 11.9. The van der Waals surface area contributed by atoms with Gasteiger partial charge in [0.15, 0.2) is 5.78 Å². The number of aryl methyl sites for hydroxylation is 2. The van der Waals surface area contributed by atoms with Gasteiger partial charge in [0, 0.05) is 12.1 Å². The van der Waals surface area contributed by atoms with Gasteiger partial charge in [-0.05, 0) is 37.5 Å². The summed E-state index contributed by atoms with van der Waals surface area (Å²) in [6.07, 6.45) is 2.38. The smallest absolute Gasteiger partial charge is 0.181 e. The van der Waals surface area contributed by atoms with E-state index in [4.69, 9.17) is 0 Å². The van der Waals surface area contributed by atoms with E-state index in [1.54, 1.807) is 6.07 Å². The summed E-state index contributed by atoms with van der Waals surface area (Å²) >= 11 is 0. The number of ketones is 1. The Hall–Kier alpha value is -1.96. The number of hydrogen-bond donors (Lipinski definition) is 0. The maximum absolute atomic E-state index is 11.9. The third-order valence-corrected chi connectivity index (χ3v) is 2.89. The van der Waals surface area contributed by atoms with Crippen molar-refractivity contribution in [1.82, 2.24) is 4.98 Å². The highest BCUT2D eigenvalue weighted by molar-refractivity contribution is 5.94. The molecule has 0 spiro atoms. The van der Waals surface area contributed by atoms with Gasteiger partial charge in [-0.15, -0.1) is 0 Å². The molecular weight excluding hydrogens is 222 g/mol. The number of carbonyl (C=O) groups is 1. The lowest BCUT2D eigenvalue weighted by Crippen LogP contribution is -2.03. The van der Waals surface area contributed by atoms with Crippen molar-refractivity contribution < 1.29 is 4.79 Å². The molecule has 0 fully saturated rings. The van der Waals surface area contributed by atoms with E-state index in [2.05, 4.69) is 17.1 Å². The average molecular weight is 239 g/mol. The Morgan fingerprint density at radius 2 is 1.83 bits per heavy atom. The highest BCUT2D eigenvalue weighted by Gasteiger charge is 2.06. The highest BCUT2D eigenvalue weighted by atomic mass is 16.1. The third-order valence-electron chi connectivity index (χ3n) is 2.89. The second kappa shape index (κ2) is 6.10. The summed E-state index contributed by atoms with van der Waals surface area (Å²) < 4.78 is 0. The number of hydrogen-bond acceptors (Lipinski definition) is 2. The minimum atomic E-state index is 0.134. The van der Waals surface area contributed by atoms with Crippen LogP contribution in [0.4, 0.5) is 0 Å². The number of Topliss-reactive ketones (excluding diaryl/α,β-unsaturated/α-hetero) is 1. The lowest BCUT2D eigenvalue weighted by atomic mass is 10.1. The van der Waals surface area contributed by atoms with Crippen LogP contribution in [0.5, 0.6) is 0 Å². The molecule has 0 N–H and O–H groups in total. The normalized spacial score (nSPS) is 10.3. The second-order valence-corrected chi connectivity index (χ2v) is 4.43. The van der Waals surface area contributed by atoms with Crippen molar-refractivity contribution in [3.8, 4) is 0 Å². The maximum Gasteiger partial charge on any atom is 0.181 e. The summed E-state index contributed by atoms with van der Waals surface area (Å²) in [7, 11) is 0. The molecule has 2 nitrogen and oxygen atoms in total. The molecule has 1 aromatic carbocycles. The quantitative estimate of drug-likeness (QED) is 0.746. The first kappa shape index (κ1) is 12.5. The van der Waals surface area contributed by atoms with Crippen LogP contribution in [0, 0.1) is 6.92 Å². The van der Waals surface area contributed by atoms with Crippen LogP contribution in [0.2, 0.25) is 0 Å². The predicted molar refractivity (Wildman–Crippen MR) is 72.7 cm³/mol. The molecule has 0 aliphatic rings. The van der Waals surface area contributed by atoms with Gasteiger partial charge in [-0.25, -0.2) is 0 Å². The van der Waals surface area contributed by atoms with E-state index < -0.39 is 0 Å². The predicted octanol–water partition coefficient (Wildman–Crippen LogP) is 3.60. The number of rotatable bonds is 5. The first-order chi connectivity index (χ1) is 8.75. The molecule has 92 valence electrons. The van der Waals surface area contributed by atoms with Crippen LogP contribution in [0.3, 0.4) is 0 Å². The standard InChI is InChI=1S/C16H17NO/c1-13-7-5-11-15(17-13)16(18)12-6-10-14-8-3-2-4-9-14/h2-5,7-9,11H,6,10,12H2,1H3. The molecule has 0 unspecified atom stereocenters. The SMILES string of the molecule is Cc1cccc(C(=O)CCCc2ccccc2)n1. The van der Waals surface area contributed by atoms with Crippen LogP contribution in [0.25, 0.3) is 0 Å². The molecule has 2 heteroatoms. The van der Waals surface area contributed by atoms with E-state index in [9.17, 15) is 4.79 Å². The summed E-state index contributed by atoms with van der Waals surface area (Å²) in [5, 5.41) is 0. The number of benzene rings is 1. The largest absolute Gasteiger partial charge is 0.292 e. The molecule has 0 amide bonds. The van der Waals surface area contributed by atoms with Crippen LogP contribution in [0.15, 0.2) is 48.5 Å². The van der Waals surface area contributed by atoms with Gasteiger partial charge in [0.25, 0.3) is 0 Å². The van der Waals surface area contributed by atoms with E-state index in [1.165, 1.54) is 5.56 Å². The second-order valence-electron chi connectivity index (χ2n) is 4.43. The van der Waals surface area contributed by atoms with Gasteiger partial charge in [-0.1, -0.05) is 36.4 Å². The molecule has 0 saturated carbocycles. The van der Waals surface area contributed by atoms with Gasteiger partial charge in [-0.2, -0.15) is 0 Å². The average Bonchev–Trinajstić information content (AvgIpc) is 2.40. The summed E-state index contributed by atoms with van der Waals surface area (Å²) in [6.45, 7) is 1.90. The van der Waals surface area contributed by atoms with Crippen molar-refractivity contribution in [2.45, 2.75) is 26.2 Å². The van der Waals surface area contributed by atoms with Gasteiger partial charge in [0.2, 0.25) is 0 Å². The molecule has 0 aliphatic heterocycles. The molecular formula is C16H17NO. The molecule has 2 rings (SSSR count). The first-order valence-electron chi connectivity index (χ1n) is 6.26. The minimum Gasteiger partial charge on any atom is -0.292 e. The number of nitrogens with zero attached hydrogens (tertiary/aromatic N) is 1. The Bertz CT molecular complexity index is 520. The summed E-state index contributed by atoms with van der Waals surface area (Å²) in [5.41, 5.74) is 2.76. The molecule has 0 aliphatic carbocycles. The molecule has 0 radical (unpaired) electrons. The van der Waals surface area contributed by atoms with Crippen molar-refractivity contribution in [2.75, 3.05) is 0 Å². The molecule has 0 bridgehead atoms. The zero-order valence-corrected chi connectivity index (χ0v) is 10.6. The summed E-state index contributed by atoms with van der Waals surface area (Å²) in [5.74, 6) is 0.134. The Labute approximate surface area is 108 Å². The number of aromatic nitrogens is 1. The Kier molecular flexibility index (Phi) is 4.24. The van der Waals surface area contributed by atoms with Gasteiger partial charge in [0.05, 0.1) is 0 Å². The molecule has 2 aromatic rings. The van der Waals surface area contributed by atoms with Gasteiger partial charge >= 0.3 is 0 Å². The molecule has 0 saturated heterocycles. The molecule has 1 aromatic heterocycles. The van der Waals surface area contributed by atoms with Crippen LogP contribution >= 0.6 is 0 Å². The minimum absolute atomic E-state index is 0.134. The lowest BCUT2D eigenvalue weighted by molar-refractivity contribution is 0.0975. The van der Waals surface area contributed by atoms with E-state index in [-0.39, 0.29) is 5.78 Å². The van der Waals surface area contributed by atoms with E-state index in [1.807, 2.05) is 37.3 Å². The van der Waals surface area contributed by atoms with Crippen molar-refractivity contribution >= 4 is 5.78 Å². The van der Waals surface area contributed by atoms with E-state index in [0.29, 0.717) is 12.1 Å². The van der Waals surface area contributed by atoms with Crippen molar-refractivity contribution in [2.24, 2.45) is 0 Å². The van der Waals surface area contributed by atoms with Crippen molar-refractivity contribution in [1.29, 1.82) is 0 Å². The number of carbonyl (C=O) groups excluding carboxylic acids is 1. The highest BCUT2D eigenvalue weighted by Crippen LogP contribution is 2.08. The van der Waals surface area contributed by atoms with Crippen LogP contribution in [0.1, 0.15) is 34.6 Å². The third kappa shape index (κ3) is 3.52. The van der Waals surface area contributed by atoms with Gasteiger partial charge < -0.3 is 0 Å². The fourth-order valence-electron chi connectivity index (χ4n) is 1.92. The van der Waals surface area contributed by atoms with Crippen molar-refractivity contribution in [3.63, 3.8) is 0 Å². The topological polar surface area (TPSA) is 30.0 Å². The Morgan fingerprint density at radius 3 is 2.56 bits per heavy atom. The Balaban J connectivity index is 1.86. The van der Waals surface area contributed by atoms with E-state index >= 15 is 0 Å². The molecule has 1 heterocycles. The van der Waals surface area contributed by atoms with Gasteiger partial charge in [0.1, 0.15) is 5.69 Å². The fraction of sp³-hybridized carbons (Fsp3) is 0.250. The van der Waals surface area contributed by atoms with Gasteiger partial charge in [-0.3, -0.25) is 9.78 Å². The zero-order valence-electron chi connectivity index (χ0n) is 10.6. The summed E-state index contributed by atoms with van der Waals surface area (Å²) in [6, 6.07) is 15.8. The zero-order chi connectivity index (χ0) is 12.8. The molecule has 18 heavy (non-hydrogen) atoms. The summed E-state index contributed by atoms with van der Waals surface area (Å²) in [4.78, 5) is 16.2. The molecule has 0 atom stereocenters. The number of pyridine rings is 1. The fourth-order valence-corrected chi connectivity index (χ4v) is 1.92. The first-order valence-corrected chi connectivity index (χ1v) is 6.26. The van der Waals surface area contributed by atoms with Crippen LogP contribution in [-0.4, -0.2) is 10.8 Å². The van der Waals surface area contributed by atoms with Crippen LogP contribution < -0.4 is 0 Å². The lowest BCUT2D eigenvalue weighted by Gasteiger charge is -2.02.